The van der Waals surface area contributed by atoms with Crippen LogP contribution in [0, 0.1) is 0 Å². The van der Waals surface area contributed by atoms with Crippen molar-refractivity contribution in [2.24, 2.45) is 5.84 Å². The van der Waals surface area contributed by atoms with Crippen molar-refractivity contribution in [2.45, 2.75) is 6.04 Å². The highest BCUT2D eigenvalue weighted by atomic mass is 79.9. The maximum atomic E-state index is 5.94. The number of halogens is 2. The molecule has 1 aromatic heterocycles. The maximum Gasteiger partial charge on any atom is 0.137 e. The Morgan fingerprint density at radius 3 is 2.79 bits per heavy atom. The Kier molecular flexibility index (Phi) is 4.76. The van der Waals surface area contributed by atoms with Crippen molar-refractivity contribution >= 4 is 27.5 Å². The molecule has 1 aromatic carbocycles. The molecule has 0 aliphatic rings. The van der Waals surface area contributed by atoms with E-state index in [0.717, 1.165) is 15.6 Å². The van der Waals surface area contributed by atoms with Crippen molar-refractivity contribution in [1.29, 1.82) is 0 Å². The summed E-state index contributed by atoms with van der Waals surface area (Å²) >= 11 is 9.43. The van der Waals surface area contributed by atoms with Gasteiger partial charge in [0.15, 0.2) is 0 Å². The van der Waals surface area contributed by atoms with Gasteiger partial charge in [-0.3, -0.25) is 10.8 Å². The molecule has 0 fully saturated rings. The first-order valence-electron chi connectivity index (χ1n) is 5.55. The van der Waals surface area contributed by atoms with Crippen molar-refractivity contribution in [3.8, 4) is 5.75 Å². The van der Waals surface area contributed by atoms with Gasteiger partial charge in [0, 0.05) is 15.7 Å². The molecule has 1 heterocycles. The molecule has 0 aliphatic heterocycles. The number of hydrogen-bond donors (Lipinski definition) is 2. The number of benzene rings is 1. The third kappa shape index (κ3) is 3.25. The van der Waals surface area contributed by atoms with Gasteiger partial charge in [-0.25, -0.2) is 5.43 Å². The fourth-order valence-corrected chi connectivity index (χ4v) is 2.72. The number of hydrogen-bond acceptors (Lipinski definition) is 4. The molecule has 0 aliphatic carbocycles. The molecule has 6 heteroatoms. The van der Waals surface area contributed by atoms with Gasteiger partial charge >= 0.3 is 0 Å². The third-order valence-electron chi connectivity index (χ3n) is 2.74. The van der Waals surface area contributed by atoms with E-state index in [1.807, 2.05) is 24.3 Å². The van der Waals surface area contributed by atoms with Gasteiger partial charge in [-0.1, -0.05) is 33.6 Å². The van der Waals surface area contributed by atoms with Gasteiger partial charge in [-0.05, 0) is 29.3 Å². The number of nitrogens with two attached hydrogens (primary N) is 1. The summed E-state index contributed by atoms with van der Waals surface area (Å²) in [6, 6.07) is 7.25. The highest BCUT2D eigenvalue weighted by Gasteiger charge is 2.16. The van der Waals surface area contributed by atoms with Gasteiger partial charge in [0.05, 0.1) is 19.3 Å². The topological polar surface area (TPSA) is 60.2 Å². The van der Waals surface area contributed by atoms with Crippen molar-refractivity contribution < 1.29 is 4.74 Å². The third-order valence-corrected chi connectivity index (χ3v) is 3.67. The normalized spacial score (nSPS) is 12.2. The highest BCUT2D eigenvalue weighted by Crippen LogP contribution is 2.31. The lowest BCUT2D eigenvalue weighted by molar-refractivity contribution is 0.411. The average Bonchev–Trinajstić information content (AvgIpc) is 2.42. The Bertz CT molecular complexity index is 580. The van der Waals surface area contributed by atoms with Crippen molar-refractivity contribution in [3.63, 3.8) is 0 Å². The Hall–Kier alpha value is -1.14. The molecule has 2 rings (SSSR count). The molecule has 2 aromatic rings. The molecule has 19 heavy (non-hydrogen) atoms. The molecule has 4 nitrogen and oxygen atoms in total. The smallest absolute Gasteiger partial charge is 0.137 e. The van der Waals surface area contributed by atoms with Crippen LogP contribution < -0.4 is 16.0 Å². The van der Waals surface area contributed by atoms with Crippen LogP contribution in [0.25, 0.3) is 0 Å². The van der Waals surface area contributed by atoms with E-state index in [2.05, 4.69) is 26.3 Å². The second kappa shape index (κ2) is 6.34. The molecule has 1 atom stereocenters. The highest BCUT2D eigenvalue weighted by molar-refractivity contribution is 9.10. The van der Waals surface area contributed by atoms with Crippen LogP contribution in [0.3, 0.4) is 0 Å². The monoisotopic (exact) mass is 341 g/mol. The van der Waals surface area contributed by atoms with E-state index in [4.69, 9.17) is 22.2 Å². The van der Waals surface area contributed by atoms with E-state index >= 15 is 0 Å². The quantitative estimate of drug-likeness (QED) is 0.662. The fourth-order valence-electron chi connectivity index (χ4n) is 1.81. The molecular formula is C13H13BrClN3O. The number of rotatable bonds is 4. The summed E-state index contributed by atoms with van der Waals surface area (Å²) in [7, 11) is 1.60. The largest absolute Gasteiger partial charge is 0.495 e. The first-order chi connectivity index (χ1) is 9.15. The van der Waals surface area contributed by atoms with Crippen LogP contribution in [0.1, 0.15) is 17.2 Å². The maximum absolute atomic E-state index is 5.94. The van der Waals surface area contributed by atoms with Crippen molar-refractivity contribution in [2.75, 3.05) is 7.11 Å². The van der Waals surface area contributed by atoms with Gasteiger partial charge in [-0.15, -0.1) is 0 Å². The van der Waals surface area contributed by atoms with Crippen LogP contribution >= 0.6 is 27.5 Å². The van der Waals surface area contributed by atoms with E-state index in [0.29, 0.717) is 10.8 Å². The summed E-state index contributed by atoms with van der Waals surface area (Å²) in [4.78, 5) is 4.14. The van der Waals surface area contributed by atoms with Crippen LogP contribution in [0.15, 0.2) is 41.1 Å². The summed E-state index contributed by atoms with van der Waals surface area (Å²) in [6.07, 6.45) is 3.39. The van der Waals surface area contributed by atoms with Crippen LogP contribution in [0.4, 0.5) is 0 Å². The number of methoxy groups -OCH3 is 1. The summed E-state index contributed by atoms with van der Waals surface area (Å²) < 4.78 is 6.05. The molecule has 1 unspecified atom stereocenters. The summed E-state index contributed by atoms with van der Waals surface area (Å²) in [5.41, 5.74) is 4.66. The molecule has 0 saturated carbocycles. The summed E-state index contributed by atoms with van der Waals surface area (Å²) in [6.45, 7) is 0. The lowest BCUT2D eigenvalue weighted by Crippen LogP contribution is -2.29. The van der Waals surface area contributed by atoms with Crippen molar-refractivity contribution in [1.82, 2.24) is 10.4 Å². The SMILES string of the molecule is COc1cncc(C(NN)c2ccc(Cl)cc2Br)c1. The van der Waals surface area contributed by atoms with Crippen LogP contribution in [-0.2, 0) is 0 Å². The zero-order valence-corrected chi connectivity index (χ0v) is 12.6. The first-order valence-corrected chi connectivity index (χ1v) is 6.73. The molecule has 0 bridgehead atoms. The molecule has 0 radical (unpaired) electrons. The number of ether oxygens (including phenoxy) is 1. The summed E-state index contributed by atoms with van der Waals surface area (Å²) in [5, 5.41) is 0.662. The minimum Gasteiger partial charge on any atom is -0.495 e. The molecule has 0 amide bonds. The second-order valence-electron chi connectivity index (χ2n) is 3.92. The average molecular weight is 343 g/mol. The molecular weight excluding hydrogens is 330 g/mol. The zero-order valence-electron chi connectivity index (χ0n) is 10.2. The van der Waals surface area contributed by atoms with E-state index in [9.17, 15) is 0 Å². The minimum atomic E-state index is -0.200. The number of nitrogens with one attached hydrogen (secondary N) is 1. The number of pyridine rings is 1. The van der Waals surface area contributed by atoms with Gasteiger partial charge in [0.2, 0.25) is 0 Å². The number of hydrazine groups is 1. The lowest BCUT2D eigenvalue weighted by atomic mass is 10.0. The van der Waals surface area contributed by atoms with Gasteiger partial charge in [-0.2, -0.15) is 0 Å². The Balaban J connectivity index is 2.43. The van der Waals surface area contributed by atoms with E-state index < -0.39 is 0 Å². The molecule has 3 N–H and O–H groups in total. The predicted molar refractivity (Wildman–Crippen MR) is 79.1 cm³/mol. The van der Waals surface area contributed by atoms with E-state index in [1.54, 1.807) is 19.5 Å². The second-order valence-corrected chi connectivity index (χ2v) is 5.21. The Morgan fingerprint density at radius 2 is 2.16 bits per heavy atom. The molecule has 100 valence electrons. The Labute approximate surface area is 125 Å². The van der Waals surface area contributed by atoms with E-state index in [-0.39, 0.29) is 6.04 Å². The number of aromatic nitrogens is 1. The fraction of sp³-hybridized carbons (Fsp3) is 0.154. The minimum absolute atomic E-state index is 0.200. The van der Waals surface area contributed by atoms with Gasteiger partial charge in [0.25, 0.3) is 0 Å². The van der Waals surface area contributed by atoms with Crippen molar-refractivity contribution in [3.05, 3.63) is 57.3 Å². The van der Waals surface area contributed by atoms with Crippen LogP contribution in [0.5, 0.6) is 5.75 Å². The predicted octanol–water partition coefficient (Wildman–Crippen LogP) is 3.06. The first kappa shape index (κ1) is 14.3. The Morgan fingerprint density at radius 1 is 1.37 bits per heavy atom. The number of nitrogens with zero attached hydrogens (tertiary/aromatic N) is 1. The molecule has 0 spiro atoms. The molecule has 0 saturated heterocycles. The standard InChI is InChI=1S/C13H13BrClN3O/c1-19-10-4-8(6-17-7-10)13(18-16)11-3-2-9(15)5-12(11)14/h2-7,13,18H,16H2,1H3. The summed E-state index contributed by atoms with van der Waals surface area (Å²) in [5.74, 6) is 6.35. The van der Waals surface area contributed by atoms with Gasteiger partial charge < -0.3 is 4.74 Å². The lowest BCUT2D eigenvalue weighted by Gasteiger charge is -2.18. The zero-order chi connectivity index (χ0) is 13.8. The van der Waals surface area contributed by atoms with Crippen LogP contribution in [0.2, 0.25) is 5.02 Å². The van der Waals surface area contributed by atoms with Crippen LogP contribution in [-0.4, -0.2) is 12.1 Å². The van der Waals surface area contributed by atoms with E-state index in [1.165, 1.54) is 0 Å². The van der Waals surface area contributed by atoms with Gasteiger partial charge in [0.1, 0.15) is 5.75 Å².